The van der Waals surface area contributed by atoms with Crippen LogP contribution in [0, 0.1) is 0 Å². The molecule has 116 valence electrons. The van der Waals surface area contributed by atoms with Gasteiger partial charge in [0.1, 0.15) is 0 Å². The van der Waals surface area contributed by atoms with E-state index in [4.69, 9.17) is 0 Å². The van der Waals surface area contributed by atoms with Crippen molar-refractivity contribution in [2.45, 2.75) is 36.9 Å². The fourth-order valence-corrected chi connectivity index (χ4v) is 4.41. The van der Waals surface area contributed by atoms with Crippen molar-refractivity contribution in [3.63, 3.8) is 0 Å². The van der Waals surface area contributed by atoms with Crippen LogP contribution < -0.4 is 0 Å². The summed E-state index contributed by atoms with van der Waals surface area (Å²) in [5.74, 6) is 1.65. The quantitative estimate of drug-likeness (QED) is 0.789. The Bertz CT molecular complexity index is 657. The van der Waals surface area contributed by atoms with E-state index in [-0.39, 0.29) is 5.91 Å². The topological polar surface area (TPSA) is 51.0 Å². The molecular formula is C15H18N4OS2. The van der Waals surface area contributed by atoms with Crippen LogP contribution in [0.2, 0.25) is 0 Å². The molecule has 22 heavy (non-hydrogen) atoms. The van der Waals surface area contributed by atoms with E-state index in [0.29, 0.717) is 11.8 Å². The Balaban J connectivity index is 1.51. The molecule has 0 spiro atoms. The Hall–Kier alpha value is -1.34. The van der Waals surface area contributed by atoms with E-state index in [0.717, 1.165) is 41.8 Å². The van der Waals surface area contributed by atoms with Crippen LogP contribution in [-0.2, 0) is 4.79 Å². The minimum Gasteiger partial charge on any atom is -0.342 e. The third kappa shape index (κ3) is 2.79. The van der Waals surface area contributed by atoms with Crippen molar-refractivity contribution in [3.05, 3.63) is 17.5 Å². The summed E-state index contributed by atoms with van der Waals surface area (Å²) in [6.45, 7) is 1.82. The van der Waals surface area contributed by atoms with Crippen LogP contribution in [0.25, 0.3) is 10.7 Å². The number of carbonyl (C=O) groups excluding carboxylic acids is 1. The smallest absolute Gasteiger partial charge is 0.233 e. The van der Waals surface area contributed by atoms with Gasteiger partial charge >= 0.3 is 0 Å². The number of likely N-dealkylation sites (tertiary alicyclic amines) is 1. The van der Waals surface area contributed by atoms with E-state index < -0.39 is 0 Å². The number of rotatable bonds is 5. The third-order valence-corrected chi connectivity index (χ3v) is 5.90. The average molecular weight is 334 g/mol. The molecule has 1 saturated heterocycles. The van der Waals surface area contributed by atoms with Crippen molar-refractivity contribution in [3.8, 4) is 10.7 Å². The van der Waals surface area contributed by atoms with Gasteiger partial charge in [0, 0.05) is 19.1 Å². The fourth-order valence-electron chi connectivity index (χ4n) is 2.80. The van der Waals surface area contributed by atoms with Crippen LogP contribution in [0.4, 0.5) is 0 Å². The van der Waals surface area contributed by atoms with Crippen molar-refractivity contribution in [2.75, 3.05) is 18.8 Å². The van der Waals surface area contributed by atoms with Crippen molar-refractivity contribution in [1.82, 2.24) is 19.7 Å². The van der Waals surface area contributed by atoms with Gasteiger partial charge in [-0.3, -0.25) is 9.36 Å². The summed E-state index contributed by atoms with van der Waals surface area (Å²) in [4.78, 5) is 15.3. The highest BCUT2D eigenvalue weighted by Gasteiger charge is 2.31. The second kappa shape index (κ2) is 6.04. The molecule has 1 saturated carbocycles. The standard InChI is InChI=1S/C15H18N4OS2/c20-13(18-7-1-2-8-18)10-22-15-17-16-14(12-4-3-9-21-12)19(15)11-5-6-11/h3-4,9,11H,1-2,5-8,10H2. The normalized spacial score (nSPS) is 18.1. The summed E-state index contributed by atoms with van der Waals surface area (Å²) in [6.07, 6.45) is 4.64. The van der Waals surface area contributed by atoms with Crippen molar-refractivity contribution < 1.29 is 4.79 Å². The van der Waals surface area contributed by atoms with Crippen LogP contribution >= 0.6 is 23.1 Å². The predicted octanol–water partition coefficient (Wildman–Crippen LogP) is 3.06. The first-order chi connectivity index (χ1) is 10.8. The molecule has 1 aliphatic carbocycles. The molecule has 0 bridgehead atoms. The van der Waals surface area contributed by atoms with Gasteiger partial charge in [0.25, 0.3) is 0 Å². The van der Waals surface area contributed by atoms with Crippen molar-refractivity contribution >= 4 is 29.0 Å². The van der Waals surface area contributed by atoms with Gasteiger partial charge in [-0.1, -0.05) is 17.8 Å². The molecule has 2 aromatic rings. The molecule has 5 nitrogen and oxygen atoms in total. The van der Waals surface area contributed by atoms with Gasteiger partial charge in [-0.15, -0.1) is 21.5 Å². The fraction of sp³-hybridized carbons (Fsp3) is 0.533. The molecule has 7 heteroatoms. The number of carbonyl (C=O) groups is 1. The molecule has 0 N–H and O–H groups in total. The SMILES string of the molecule is O=C(CSc1nnc(-c2cccs2)n1C1CC1)N1CCCC1. The zero-order valence-electron chi connectivity index (χ0n) is 12.3. The highest BCUT2D eigenvalue weighted by molar-refractivity contribution is 7.99. The third-order valence-electron chi connectivity index (χ3n) is 4.10. The van der Waals surface area contributed by atoms with Crippen LogP contribution in [0.1, 0.15) is 31.7 Å². The summed E-state index contributed by atoms with van der Waals surface area (Å²) >= 11 is 3.22. The number of nitrogens with zero attached hydrogens (tertiary/aromatic N) is 4. The van der Waals surface area contributed by atoms with Gasteiger partial charge in [-0.25, -0.2) is 0 Å². The van der Waals surface area contributed by atoms with Gasteiger partial charge in [0.2, 0.25) is 5.91 Å². The number of thioether (sulfide) groups is 1. The lowest BCUT2D eigenvalue weighted by molar-refractivity contribution is -0.127. The monoisotopic (exact) mass is 334 g/mol. The molecule has 2 fully saturated rings. The lowest BCUT2D eigenvalue weighted by Gasteiger charge is -2.14. The highest BCUT2D eigenvalue weighted by Crippen LogP contribution is 2.41. The van der Waals surface area contributed by atoms with Gasteiger partial charge < -0.3 is 4.90 Å². The van der Waals surface area contributed by atoms with E-state index in [9.17, 15) is 4.79 Å². The van der Waals surface area contributed by atoms with E-state index >= 15 is 0 Å². The first-order valence-electron chi connectivity index (χ1n) is 7.72. The van der Waals surface area contributed by atoms with Gasteiger partial charge in [0.15, 0.2) is 11.0 Å². The summed E-state index contributed by atoms with van der Waals surface area (Å²) in [5, 5.41) is 11.7. The minimum absolute atomic E-state index is 0.227. The number of hydrogen-bond acceptors (Lipinski definition) is 5. The Morgan fingerprint density at radius 1 is 1.32 bits per heavy atom. The first kappa shape index (κ1) is 14.3. The second-order valence-corrected chi connectivity index (χ2v) is 7.65. The molecule has 0 unspecified atom stereocenters. The Labute approximate surface area is 137 Å². The summed E-state index contributed by atoms with van der Waals surface area (Å²) in [5.41, 5.74) is 0. The molecule has 0 radical (unpaired) electrons. The second-order valence-electron chi connectivity index (χ2n) is 5.76. The molecule has 3 heterocycles. The number of hydrogen-bond donors (Lipinski definition) is 0. The number of amides is 1. The van der Waals surface area contributed by atoms with E-state index in [1.165, 1.54) is 24.6 Å². The zero-order valence-corrected chi connectivity index (χ0v) is 13.9. The Morgan fingerprint density at radius 3 is 2.82 bits per heavy atom. The predicted molar refractivity (Wildman–Crippen MR) is 88.1 cm³/mol. The maximum atomic E-state index is 12.2. The van der Waals surface area contributed by atoms with Gasteiger partial charge in [-0.05, 0) is 37.1 Å². The first-order valence-corrected chi connectivity index (χ1v) is 9.59. The maximum Gasteiger partial charge on any atom is 0.233 e. The molecule has 1 aliphatic heterocycles. The lowest BCUT2D eigenvalue weighted by atomic mass is 10.4. The summed E-state index contributed by atoms with van der Waals surface area (Å²) < 4.78 is 2.23. The van der Waals surface area contributed by atoms with Crippen LogP contribution in [0.3, 0.4) is 0 Å². The Kier molecular flexibility index (Phi) is 3.92. The van der Waals surface area contributed by atoms with Crippen molar-refractivity contribution in [1.29, 1.82) is 0 Å². The summed E-state index contributed by atoms with van der Waals surface area (Å²) in [7, 11) is 0. The van der Waals surface area contributed by atoms with Crippen molar-refractivity contribution in [2.24, 2.45) is 0 Å². The molecule has 2 aliphatic rings. The lowest BCUT2D eigenvalue weighted by Crippen LogP contribution is -2.29. The van der Waals surface area contributed by atoms with E-state index in [2.05, 4.69) is 26.2 Å². The molecular weight excluding hydrogens is 316 g/mol. The van der Waals surface area contributed by atoms with Crippen LogP contribution in [0.5, 0.6) is 0 Å². The zero-order chi connectivity index (χ0) is 14.9. The molecule has 4 rings (SSSR count). The number of thiophene rings is 1. The molecule has 1 amide bonds. The van der Waals surface area contributed by atoms with E-state index in [1.807, 2.05) is 11.0 Å². The maximum absolute atomic E-state index is 12.2. The molecule has 2 aromatic heterocycles. The van der Waals surface area contributed by atoms with E-state index in [1.54, 1.807) is 11.3 Å². The van der Waals surface area contributed by atoms with Crippen LogP contribution in [-0.4, -0.2) is 44.4 Å². The minimum atomic E-state index is 0.227. The van der Waals surface area contributed by atoms with Crippen LogP contribution in [0.15, 0.2) is 22.7 Å². The highest BCUT2D eigenvalue weighted by atomic mass is 32.2. The average Bonchev–Trinajstić information content (AvgIpc) is 3.03. The van der Waals surface area contributed by atoms with Gasteiger partial charge in [-0.2, -0.15) is 0 Å². The molecule has 0 aromatic carbocycles. The molecule has 0 atom stereocenters. The number of aromatic nitrogens is 3. The Morgan fingerprint density at radius 2 is 2.14 bits per heavy atom. The largest absolute Gasteiger partial charge is 0.342 e. The van der Waals surface area contributed by atoms with Gasteiger partial charge in [0.05, 0.1) is 10.6 Å². The summed E-state index contributed by atoms with van der Waals surface area (Å²) in [6, 6.07) is 4.63.